The highest BCUT2D eigenvalue weighted by molar-refractivity contribution is 9.10. The van der Waals surface area contributed by atoms with Crippen molar-refractivity contribution in [3.63, 3.8) is 0 Å². The number of halogens is 2. The van der Waals surface area contributed by atoms with Crippen LogP contribution in [0.25, 0.3) is 10.7 Å². The van der Waals surface area contributed by atoms with Crippen LogP contribution in [0.4, 0.5) is 0 Å². The number of aryl methyl sites for hydroxylation is 1. The van der Waals surface area contributed by atoms with Crippen LogP contribution >= 0.6 is 39.7 Å². The van der Waals surface area contributed by atoms with Crippen molar-refractivity contribution in [3.8, 4) is 10.7 Å². The molecule has 1 saturated heterocycles. The van der Waals surface area contributed by atoms with Crippen molar-refractivity contribution < 1.29 is 9.32 Å². The minimum Gasteiger partial charge on any atom is -0.342 e. The standard InChI is InChI=1S/C15H19BrN4O2S.ClH/c1-15(8-17)4-5-20(9-15)13(21)3-2-12-18-14(19-22-12)11-6-10(16)7-23-11;/h6-7H,2-5,8-9,17H2,1H3;1H. The number of nitrogens with two attached hydrogens (primary N) is 1. The van der Waals surface area contributed by atoms with Crippen LogP contribution in [0, 0.1) is 5.41 Å². The van der Waals surface area contributed by atoms with Gasteiger partial charge in [-0.25, -0.2) is 0 Å². The first-order valence-electron chi connectivity index (χ1n) is 7.54. The minimum atomic E-state index is 0. The van der Waals surface area contributed by atoms with Gasteiger partial charge in [0.15, 0.2) is 0 Å². The molecule has 1 aliphatic rings. The maximum absolute atomic E-state index is 12.3. The summed E-state index contributed by atoms with van der Waals surface area (Å²) >= 11 is 4.95. The third-order valence-corrected chi connectivity index (χ3v) is 5.90. The molecule has 1 amide bonds. The number of rotatable bonds is 5. The van der Waals surface area contributed by atoms with Gasteiger partial charge in [0.05, 0.1) is 4.88 Å². The summed E-state index contributed by atoms with van der Waals surface area (Å²) in [6, 6.07) is 1.95. The van der Waals surface area contributed by atoms with Gasteiger partial charge in [-0.05, 0) is 40.4 Å². The van der Waals surface area contributed by atoms with Crippen LogP contribution in [-0.4, -0.2) is 40.6 Å². The molecule has 1 fully saturated rings. The van der Waals surface area contributed by atoms with E-state index in [-0.39, 0.29) is 23.7 Å². The molecule has 2 aromatic heterocycles. The average Bonchev–Trinajstić information content (AvgIpc) is 3.25. The topological polar surface area (TPSA) is 85.2 Å². The smallest absolute Gasteiger partial charge is 0.227 e. The largest absolute Gasteiger partial charge is 0.342 e. The van der Waals surface area contributed by atoms with E-state index >= 15 is 0 Å². The molecule has 3 heterocycles. The summed E-state index contributed by atoms with van der Waals surface area (Å²) in [7, 11) is 0. The lowest BCUT2D eigenvalue weighted by Gasteiger charge is -2.22. The summed E-state index contributed by atoms with van der Waals surface area (Å²) < 4.78 is 6.24. The Morgan fingerprint density at radius 3 is 3.00 bits per heavy atom. The molecule has 24 heavy (non-hydrogen) atoms. The van der Waals surface area contributed by atoms with E-state index in [1.165, 1.54) is 0 Å². The van der Waals surface area contributed by atoms with E-state index in [0.717, 1.165) is 28.9 Å². The minimum absolute atomic E-state index is 0. The first-order chi connectivity index (χ1) is 11.0. The summed E-state index contributed by atoms with van der Waals surface area (Å²) in [6.07, 6.45) is 1.82. The van der Waals surface area contributed by atoms with Crippen LogP contribution in [0.2, 0.25) is 0 Å². The third-order valence-electron chi connectivity index (χ3n) is 4.21. The van der Waals surface area contributed by atoms with Crippen molar-refractivity contribution in [1.29, 1.82) is 0 Å². The average molecular weight is 436 g/mol. The summed E-state index contributed by atoms with van der Waals surface area (Å²) in [6.45, 7) is 4.26. The van der Waals surface area contributed by atoms with Crippen LogP contribution in [-0.2, 0) is 11.2 Å². The van der Waals surface area contributed by atoms with Gasteiger partial charge in [-0.15, -0.1) is 23.7 Å². The van der Waals surface area contributed by atoms with Gasteiger partial charge in [0, 0.05) is 35.8 Å². The second kappa shape index (κ2) is 7.95. The Balaban J connectivity index is 0.00000208. The van der Waals surface area contributed by atoms with Crippen molar-refractivity contribution in [1.82, 2.24) is 15.0 Å². The van der Waals surface area contributed by atoms with E-state index in [9.17, 15) is 4.79 Å². The zero-order valence-electron chi connectivity index (χ0n) is 13.3. The quantitative estimate of drug-likeness (QED) is 0.780. The number of aromatic nitrogens is 2. The molecule has 0 aliphatic carbocycles. The first-order valence-corrected chi connectivity index (χ1v) is 9.21. The van der Waals surface area contributed by atoms with Gasteiger partial charge < -0.3 is 15.2 Å². The third kappa shape index (κ3) is 4.36. The van der Waals surface area contributed by atoms with E-state index in [0.29, 0.717) is 31.1 Å². The Labute approximate surface area is 159 Å². The fourth-order valence-electron chi connectivity index (χ4n) is 2.66. The number of thiophene rings is 1. The predicted octanol–water partition coefficient (Wildman–Crippen LogP) is 3.11. The van der Waals surface area contributed by atoms with Gasteiger partial charge >= 0.3 is 0 Å². The van der Waals surface area contributed by atoms with Crippen molar-refractivity contribution in [2.24, 2.45) is 11.1 Å². The number of hydrogen-bond donors (Lipinski definition) is 1. The summed E-state index contributed by atoms with van der Waals surface area (Å²) in [4.78, 5) is 19.5. The maximum Gasteiger partial charge on any atom is 0.227 e. The highest BCUT2D eigenvalue weighted by atomic mass is 79.9. The fraction of sp³-hybridized carbons (Fsp3) is 0.533. The molecule has 0 radical (unpaired) electrons. The molecule has 9 heteroatoms. The number of amides is 1. The van der Waals surface area contributed by atoms with Gasteiger partial charge in [0.25, 0.3) is 0 Å². The second-order valence-corrected chi connectivity index (χ2v) is 8.05. The Hall–Kier alpha value is -0.960. The number of hydrogen-bond acceptors (Lipinski definition) is 6. The molecule has 1 atom stereocenters. The van der Waals surface area contributed by atoms with Crippen LogP contribution in [0.3, 0.4) is 0 Å². The molecule has 0 saturated carbocycles. The van der Waals surface area contributed by atoms with Crippen LogP contribution in [0.5, 0.6) is 0 Å². The fourth-order valence-corrected chi connectivity index (χ4v) is 4.01. The molecule has 132 valence electrons. The van der Waals surface area contributed by atoms with Crippen LogP contribution < -0.4 is 5.73 Å². The Bertz CT molecular complexity index is 707. The van der Waals surface area contributed by atoms with Gasteiger partial charge in [-0.2, -0.15) is 4.98 Å². The van der Waals surface area contributed by atoms with E-state index in [1.807, 2.05) is 16.3 Å². The van der Waals surface area contributed by atoms with E-state index in [2.05, 4.69) is 33.0 Å². The molecule has 1 unspecified atom stereocenters. The molecule has 6 nitrogen and oxygen atoms in total. The van der Waals surface area contributed by atoms with Crippen molar-refractivity contribution in [2.45, 2.75) is 26.2 Å². The number of carbonyl (C=O) groups is 1. The molecule has 2 N–H and O–H groups in total. The summed E-state index contributed by atoms with van der Waals surface area (Å²) in [5, 5.41) is 5.94. The zero-order valence-corrected chi connectivity index (χ0v) is 16.5. The van der Waals surface area contributed by atoms with E-state index < -0.39 is 0 Å². The summed E-state index contributed by atoms with van der Waals surface area (Å²) in [5.74, 6) is 1.19. The van der Waals surface area contributed by atoms with Crippen molar-refractivity contribution >= 4 is 45.6 Å². The normalized spacial score (nSPS) is 20.2. The monoisotopic (exact) mass is 434 g/mol. The lowest BCUT2D eigenvalue weighted by Crippen LogP contribution is -2.34. The van der Waals surface area contributed by atoms with Crippen LogP contribution in [0.15, 0.2) is 20.4 Å². The Kier molecular flexibility index (Phi) is 6.41. The molecule has 0 aromatic carbocycles. The molecule has 0 spiro atoms. The predicted molar refractivity (Wildman–Crippen MR) is 99.2 cm³/mol. The molecular weight excluding hydrogens is 416 g/mol. The van der Waals surface area contributed by atoms with Gasteiger partial charge in [-0.3, -0.25) is 4.79 Å². The van der Waals surface area contributed by atoms with Gasteiger partial charge in [0.1, 0.15) is 0 Å². The molecule has 1 aliphatic heterocycles. The second-order valence-electron chi connectivity index (χ2n) is 6.22. The molecule has 3 rings (SSSR count). The first kappa shape index (κ1) is 19.4. The van der Waals surface area contributed by atoms with Crippen molar-refractivity contribution in [3.05, 3.63) is 21.8 Å². The highest BCUT2D eigenvalue weighted by Crippen LogP contribution is 2.29. The zero-order chi connectivity index (χ0) is 16.4. The molecular formula is C15H20BrClN4O2S. The summed E-state index contributed by atoms with van der Waals surface area (Å²) in [5.41, 5.74) is 5.84. The number of likely N-dealkylation sites (tertiary alicyclic amines) is 1. The highest BCUT2D eigenvalue weighted by Gasteiger charge is 2.34. The lowest BCUT2D eigenvalue weighted by atomic mass is 9.90. The van der Waals surface area contributed by atoms with Crippen LogP contribution in [0.1, 0.15) is 25.7 Å². The Morgan fingerprint density at radius 2 is 2.38 bits per heavy atom. The molecule has 0 bridgehead atoms. The lowest BCUT2D eigenvalue weighted by molar-refractivity contribution is -0.130. The van der Waals surface area contributed by atoms with E-state index in [1.54, 1.807) is 11.3 Å². The maximum atomic E-state index is 12.3. The van der Waals surface area contributed by atoms with Crippen molar-refractivity contribution in [2.75, 3.05) is 19.6 Å². The number of carbonyl (C=O) groups excluding carboxylic acids is 1. The number of nitrogens with zero attached hydrogens (tertiary/aromatic N) is 3. The van der Waals surface area contributed by atoms with Gasteiger partial charge in [0.2, 0.25) is 17.6 Å². The Morgan fingerprint density at radius 1 is 1.58 bits per heavy atom. The van der Waals surface area contributed by atoms with Gasteiger partial charge in [-0.1, -0.05) is 12.1 Å². The SMILES string of the molecule is CC1(CN)CCN(C(=O)CCc2nc(-c3cc(Br)cs3)no2)C1.Cl. The molecule has 2 aromatic rings. The van der Waals surface area contributed by atoms with E-state index in [4.69, 9.17) is 10.3 Å².